The van der Waals surface area contributed by atoms with E-state index in [9.17, 15) is 4.79 Å². The summed E-state index contributed by atoms with van der Waals surface area (Å²) in [5.41, 5.74) is 8.09. The van der Waals surface area contributed by atoms with Gasteiger partial charge in [-0.25, -0.2) is 9.67 Å². The number of nitrogens with two attached hydrogens (primary N) is 1. The molecule has 0 amide bonds. The van der Waals surface area contributed by atoms with E-state index in [1.54, 1.807) is 10.9 Å². The molecule has 0 unspecified atom stereocenters. The molecule has 0 aliphatic carbocycles. The zero-order chi connectivity index (χ0) is 13.2. The Bertz CT molecular complexity index is 757. The second-order valence-electron chi connectivity index (χ2n) is 4.06. The van der Waals surface area contributed by atoms with Crippen molar-refractivity contribution in [3.8, 4) is 16.9 Å². The molecule has 0 saturated carbocycles. The zero-order valence-electron chi connectivity index (χ0n) is 9.95. The van der Waals surface area contributed by atoms with Crippen molar-refractivity contribution < 1.29 is 0 Å². The smallest absolute Gasteiger partial charge is 0.252 e. The minimum Gasteiger partial charge on any atom is -0.399 e. The number of anilines is 1. The lowest BCUT2D eigenvalue weighted by atomic mass is 10.1. The van der Waals surface area contributed by atoms with E-state index in [0.717, 1.165) is 11.1 Å². The highest BCUT2D eigenvalue weighted by Crippen LogP contribution is 2.20. The Kier molecular flexibility index (Phi) is 2.60. The molecule has 0 atom stereocenters. The monoisotopic (exact) mass is 253 g/mol. The molecular weight excluding hydrogens is 242 g/mol. The molecule has 0 bridgehead atoms. The summed E-state index contributed by atoms with van der Waals surface area (Å²) in [5, 5.41) is 4.20. The van der Waals surface area contributed by atoms with Crippen molar-refractivity contribution in [2.24, 2.45) is 0 Å². The van der Waals surface area contributed by atoms with Gasteiger partial charge >= 0.3 is 0 Å². The number of nitrogen functional groups attached to an aromatic ring is 1. The summed E-state index contributed by atoms with van der Waals surface area (Å²) in [6.45, 7) is 0. The van der Waals surface area contributed by atoms with Crippen LogP contribution in [-0.4, -0.2) is 19.7 Å². The van der Waals surface area contributed by atoms with Gasteiger partial charge in [0.1, 0.15) is 0 Å². The minimum atomic E-state index is -0.213. The molecule has 2 heterocycles. The fraction of sp³-hybridized carbons (Fsp3) is 0. The van der Waals surface area contributed by atoms with E-state index in [-0.39, 0.29) is 5.56 Å². The third-order valence-corrected chi connectivity index (χ3v) is 2.73. The number of hydrogen-bond donors (Lipinski definition) is 2. The summed E-state index contributed by atoms with van der Waals surface area (Å²) in [5.74, 6) is 0.477. The molecule has 0 fully saturated rings. The van der Waals surface area contributed by atoms with Gasteiger partial charge in [0.2, 0.25) is 0 Å². The van der Waals surface area contributed by atoms with Gasteiger partial charge in [-0.3, -0.25) is 4.79 Å². The van der Waals surface area contributed by atoms with Gasteiger partial charge in [0.15, 0.2) is 5.82 Å². The van der Waals surface area contributed by atoms with Crippen LogP contribution in [0.4, 0.5) is 5.69 Å². The van der Waals surface area contributed by atoms with Crippen molar-refractivity contribution >= 4 is 5.69 Å². The molecule has 0 aliphatic rings. The summed E-state index contributed by atoms with van der Waals surface area (Å²) in [6, 6.07) is 8.89. The molecule has 94 valence electrons. The summed E-state index contributed by atoms with van der Waals surface area (Å²) >= 11 is 0. The van der Waals surface area contributed by atoms with Gasteiger partial charge in [-0.2, -0.15) is 5.10 Å². The summed E-state index contributed by atoms with van der Waals surface area (Å²) in [4.78, 5) is 17.7. The average molecular weight is 253 g/mol. The predicted molar refractivity (Wildman–Crippen MR) is 71.8 cm³/mol. The summed E-state index contributed by atoms with van der Waals surface area (Å²) < 4.78 is 1.56. The maximum atomic E-state index is 11.2. The van der Waals surface area contributed by atoms with Crippen LogP contribution in [0.25, 0.3) is 16.9 Å². The van der Waals surface area contributed by atoms with Crippen LogP contribution < -0.4 is 11.3 Å². The maximum Gasteiger partial charge on any atom is 0.252 e. The molecule has 2 aromatic heterocycles. The summed E-state index contributed by atoms with van der Waals surface area (Å²) in [7, 11) is 0. The first-order valence-corrected chi connectivity index (χ1v) is 5.68. The van der Waals surface area contributed by atoms with Crippen molar-refractivity contribution in [3.05, 3.63) is 59.4 Å². The van der Waals surface area contributed by atoms with E-state index in [0.29, 0.717) is 11.5 Å². The Morgan fingerprint density at radius 3 is 2.68 bits per heavy atom. The highest BCUT2D eigenvalue weighted by atomic mass is 16.1. The van der Waals surface area contributed by atoms with Crippen molar-refractivity contribution in [2.75, 3.05) is 5.73 Å². The third-order valence-electron chi connectivity index (χ3n) is 2.73. The topological polar surface area (TPSA) is 89.6 Å². The van der Waals surface area contributed by atoms with Gasteiger partial charge in [-0.15, -0.1) is 0 Å². The van der Waals surface area contributed by atoms with E-state index < -0.39 is 0 Å². The number of nitrogens with zero attached hydrogens (tertiary/aromatic N) is 3. The minimum absolute atomic E-state index is 0.213. The molecule has 6 heteroatoms. The lowest BCUT2D eigenvalue weighted by molar-refractivity contribution is 0.835. The van der Waals surface area contributed by atoms with E-state index in [2.05, 4.69) is 15.1 Å². The number of aromatic nitrogens is 4. The molecule has 1 aromatic carbocycles. The Hall–Kier alpha value is -2.89. The van der Waals surface area contributed by atoms with Crippen LogP contribution in [0.2, 0.25) is 0 Å². The number of aromatic amines is 1. The molecule has 19 heavy (non-hydrogen) atoms. The highest BCUT2D eigenvalue weighted by molar-refractivity contribution is 5.64. The first-order valence-electron chi connectivity index (χ1n) is 5.68. The van der Waals surface area contributed by atoms with Crippen molar-refractivity contribution in [1.29, 1.82) is 0 Å². The van der Waals surface area contributed by atoms with E-state index in [4.69, 9.17) is 5.73 Å². The Labute approximate surface area is 108 Å². The van der Waals surface area contributed by atoms with Gasteiger partial charge < -0.3 is 10.7 Å². The molecule has 0 spiro atoms. The fourth-order valence-corrected chi connectivity index (χ4v) is 1.76. The van der Waals surface area contributed by atoms with E-state index in [1.807, 2.05) is 30.5 Å². The molecule has 3 aromatic rings. The second-order valence-corrected chi connectivity index (χ2v) is 4.06. The van der Waals surface area contributed by atoms with Crippen molar-refractivity contribution in [1.82, 2.24) is 19.7 Å². The SMILES string of the molecule is Nc1ccc(-c2cnn(-c3cc(=O)[nH]cn3)c2)cc1. The van der Waals surface area contributed by atoms with Crippen molar-refractivity contribution in [2.45, 2.75) is 0 Å². The molecule has 0 aliphatic heterocycles. The number of hydrogen-bond acceptors (Lipinski definition) is 4. The van der Waals surface area contributed by atoms with Crippen LogP contribution >= 0.6 is 0 Å². The quantitative estimate of drug-likeness (QED) is 0.671. The number of benzene rings is 1. The maximum absolute atomic E-state index is 11.2. The molecule has 0 radical (unpaired) electrons. The third kappa shape index (κ3) is 2.23. The van der Waals surface area contributed by atoms with Crippen LogP contribution in [-0.2, 0) is 0 Å². The van der Waals surface area contributed by atoms with Gasteiger partial charge in [-0.1, -0.05) is 12.1 Å². The van der Waals surface area contributed by atoms with Crippen molar-refractivity contribution in [3.63, 3.8) is 0 Å². The van der Waals surface area contributed by atoms with Gasteiger partial charge in [0.05, 0.1) is 12.5 Å². The lowest BCUT2D eigenvalue weighted by Crippen LogP contribution is -2.08. The molecule has 0 saturated heterocycles. The van der Waals surface area contributed by atoms with Crippen LogP contribution in [0.5, 0.6) is 0 Å². The Morgan fingerprint density at radius 2 is 1.95 bits per heavy atom. The standard InChI is InChI=1S/C13H11N5O/c14-11-3-1-9(2-4-11)10-6-17-18(7-10)12-5-13(19)16-8-15-12/h1-8H,14H2,(H,15,16,19). The van der Waals surface area contributed by atoms with Gasteiger partial charge in [-0.05, 0) is 17.7 Å². The van der Waals surface area contributed by atoms with Gasteiger partial charge in [0.25, 0.3) is 5.56 Å². The average Bonchev–Trinajstić information content (AvgIpc) is 2.89. The Morgan fingerprint density at radius 1 is 1.16 bits per heavy atom. The predicted octanol–water partition coefficient (Wildman–Crippen LogP) is 1.20. The zero-order valence-corrected chi connectivity index (χ0v) is 9.95. The Balaban J connectivity index is 1.99. The number of nitrogens with one attached hydrogen (secondary N) is 1. The second kappa shape index (κ2) is 4.41. The first-order chi connectivity index (χ1) is 9.22. The number of rotatable bonds is 2. The van der Waals surface area contributed by atoms with Crippen LogP contribution in [0, 0.1) is 0 Å². The lowest BCUT2D eigenvalue weighted by Gasteiger charge is -1.99. The van der Waals surface area contributed by atoms with Gasteiger partial charge in [0, 0.05) is 23.5 Å². The fourth-order valence-electron chi connectivity index (χ4n) is 1.76. The summed E-state index contributed by atoms with van der Waals surface area (Å²) in [6.07, 6.45) is 4.88. The molecule has 3 rings (SSSR count). The molecular formula is C13H11N5O. The van der Waals surface area contributed by atoms with Crippen LogP contribution in [0.1, 0.15) is 0 Å². The van der Waals surface area contributed by atoms with E-state index >= 15 is 0 Å². The van der Waals surface area contributed by atoms with E-state index in [1.165, 1.54) is 12.4 Å². The number of H-pyrrole nitrogens is 1. The largest absolute Gasteiger partial charge is 0.399 e. The molecule has 3 N–H and O–H groups in total. The normalized spacial score (nSPS) is 10.5. The first kappa shape index (κ1) is 11.2. The van der Waals surface area contributed by atoms with Crippen LogP contribution in [0.15, 0.2) is 53.8 Å². The van der Waals surface area contributed by atoms with Crippen LogP contribution in [0.3, 0.4) is 0 Å². The molecule has 6 nitrogen and oxygen atoms in total. The highest BCUT2D eigenvalue weighted by Gasteiger charge is 2.04.